The fraction of sp³-hybridized carbons (Fsp3) is 0.857. The second kappa shape index (κ2) is 12.4. The zero-order valence-corrected chi connectivity index (χ0v) is 11.4. The molecule has 0 radical (unpaired) electrons. The SMILES string of the molecule is CCCCCCCCCCCCOC(=O)C(=O)[O-]. The minimum atomic E-state index is -1.76. The highest BCUT2D eigenvalue weighted by Gasteiger charge is 2.01. The molecule has 0 aromatic heterocycles. The maximum atomic E-state index is 10.5. The molecule has 0 aliphatic carbocycles. The van der Waals surface area contributed by atoms with Crippen molar-refractivity contribution in [2.24, 2.45) is 0 Å². The maximum absolute atomic E-state index is 10.5. The summed E-state index contributed by atoms with van der Waals surface area (Å²) < 4.78 is 4.47. The molecule has 0 fully saturated rings. The van der Waals surface area contributed by atoms with Gasteiger partial charge in [-0.3, -0.25) is 0 Å². The summed E-state index contributed by atoms with van der Waals surface area (Å²) in [5.74, 6) is -3.02. The van der Waals surface area contributed by atoms with Gasteiger partial charge in [0, 0.05) is 0 Å². The summed E-state index contributed by atoms with van der Waals surface area (Å²) in [4.78, 5) is 20.5. The normalized spacial score (nSPS) is 10.3. The lowest BCUT2D eigenvalue weighted by molar-refractivity contribution is -0.303. The molecule has 0 amide bonds. The number of ether oxygens (including phenoxy) is 1. The van der Waals surface area contributed by atoms with Crippen molar-refractivity contribution in [1.29, 1.82) is 0 Å². The van der Waals surface area contributed by atoms with Crippen molar-refractivity contribution < 1.29 is 19.4 Å². The quantitative estimate of drug-likeness (QED) is 0.323. The molecule has 0 aliphatic rings. The van der Waals surface area contributed by atoms with Crippen molar-refractivity contribution >= 4 is 11.9 Å². The number of carbonyl (C=O) groups is 2. The lowest BCUT2D eigenvalue weighted by Gasteiger charge is -2.05. The van der Waals surface area contributed by atoms with Gasteiger partial charge in [-0.25, -0.2) is 4.79 Å². The summed E-state index contributed by atoms with van der Waals surface area (Å²) in [6, 6.07) is 0. The first kappa shape index (κ1) is 16.9. The number of aliphatic carboxylic acids is 1. The Hall–Kier alpha value is -1.06. The molecule has 18 heavy (non-hydrogen) atoms. The third-order valence-corrected chi connectivity index (χ3v) is 2.90. The Labute approximate surface area is 110 Å². The van der Waals surface area contributed by atoms with Gasteiger partial charge in [0.1, 0.15) is 0 Å². The molecule has 106 valence electrons. The summed E-state index contributed by atoms with van der Waals surface area (Å²) in [6.07, 6.45) is 11.9. The maximum Gasteiger partial charge on any atom is 0.354 e. The molecule has 0 aliphatic heterocycles. The molecule has 0 N–H and O–H groups in total. The molecule has 0 bridgehead atoms. The molecule has 0 unspecified atom stereocenters. The zero-order chi connectivity index (χ0) is 13.6. The monoisotopic (exact) mass is 257 g/mol. The Morgan fingerprint density at radius 3 is 1.72 bits per heavy atom. The molecule has 0 atom stereocenters. The summed E-state index contributed by atoms with van der Waals surface area (Å²) in [5.41, 5.74) is 0. The second-order valence-electron chi connectivity index (χ2n) is 4.61. The predicted octanol–water partition coefficient (Wildman–Crippen LogP) is 2.20. The van der Waals surface area contributed by atoms with Crippen LogP contribution in [0.4, 0.5) is 0 Å². The van der Waals surface area contributed by atoms with Crippen LogP contribution >= 0.6 is 0 Å². The average Bonchev–Trinajstić information content (AvgIpc) is 2.35. The van der Waals surface area contributed by atoms with E-state index in [1.807, 2.05) is 0 Å². The van der Waals surface area contributed by atoms with Crippen molar-refractivity contribution in [2.75, 3.05) is 6.61 Å². The predicted molar refractivity (Wildman–Crippen MR) is 67.8 cm³/mol. The van der Waals surface area contributed by atoms with Gasteiger partial charge in [0.05, 0.1) is 6.61 Å². The topological polar surface area (TPSA) is 66.4 Å². The van der Waals surface area contributed by atoms with Gasteiger partial charge < -0.3 is 14.6 Å². The number of hydrogen-bond acceptors (Lipinski definition) is 4. The van der Waals surface area contributed by atoms with Gasteiger partial charge in [-0.2, -0.15) is 0 Å². The van der Waals surface area contributed by atoms with E-state index in [0.29, 0.717) is 0 Å². The van der Waals surface area contributed by atoms with Crippen molar-refractivity contribution in [3.05, 3.63) is 0 Å². The highest BCUT2D eigenvalue weighted by Crippen LogP contribution is 2.10. The fourth-order valence-corrected chi connectivity index (χ4v) is 1.81. The van der Waals surface area contributed by atoms with Crippen LogP contribution in [0.3, 0.4) is 0 Å². The fourth-order valence-electron chi connectivity index (χ4n) is 1.81. The van der Waals surface area contributed by atoms with Gasteiger partial charge in [-0.1, -0.05) is 64.7 Å². The van der Waals surface area contributed by atoms with Crippen molar-refractivity contribution in [1.82, 2.24) is 0 Å². The van der Waals surface area contributed by atoms with Gasteiger partial charge >= 0.3 is 5.97 Å². The van der Waals surface area contributed by atoms with E-state index in [4.69, 9.17) is 0 Å². The van der Waals surface area contributed by atoms with E-state index in [2.05, 4.69) is 11.7 Å². The first-order valence-electron chi connectivity index (χ1n) is 7.06. The lowest BCUT2D eigenvalue weighted by atomic mass is 10.1. The Balaban J connectivity index is 3.07. The number of carboxylic acid groups (broad SMARTS) is 1. The molecule has 0 aromatic rings. The van der Waals surface area contributed by atoms with Crippen LogP contribution in [0.1, 0.15) is 71.1 Å². The number of hydrogen-bond donors (Lipinski definition) is 0. The highest BCUT2D eigenvalue weighted by molar-refractivity contribution is 6.27. The van der Waals surface area contributed by atoms with Gasteiger partial charge in [0.2, 0.25) is 0 Å². The third kappa shape index (κ3) is 11.4. The number of carbonyl (C=O) groups excluding carboxylic acids is 2. The van der Waals surface area contributed by atoms with Crippen molar-refractivity contribution in [3.8, 4) is 0 Å². The Bertz CT molecular complexity index is 226. The molecule has 4 heteroatoms. The Morgan fingerprint density at radius 1 is 0.833 bits per heavy atom. The van der Waals surface area contributed by atoms with E-state index < -0.39 is 11.9 Å². The van der Waals surface area contributed by atoms with Crippen LogP contribution in [0.15, 0.2) is 0 Å². The molecular weight excluding hydrogens is 232 g/mol. The highest BCUT2D eigenvalue weighted by atomic mass is 16.6. The van der Waals surface area contributed by atoms with Crippen molar-refractivity contribution in [2.45, 2.75) is 71.1 Å². The molecular formula is C14H25O4-. The average molecular weight is 257 g/mol. The van der Waals surface area contributed by atoms with Gasteiger partial charge in [-0.15, -0.1) is 0 Å². The van der Waals surface area contributed by atoms with Crippen LogP contribution in [0, 0.1) is 0 Å². The van der Waals surface area contributed by atoms with E-state index in [1.54, 1.807) is 0 Å². The number of rotatable bonds is 11. The Kier molecular flexibility index (Phi) is 11.7. The molecule has 4 nitrogen and oxygen atoms in total. The van der Waals surface area contributed by atoms with Crippen molar-refractivity contribution in [3.63, 3.8) is 0 Å². The zero-order valence-electron chi connectivity index (χ0n) is 11.4. The molecule has 0 saturated carbocycles. The van der Waals surface area contributed by atoms with E-state index in [-0.39, 0.29) is 6.61 Å². The van der Waals surface area contributed by atoms with Gasteiger partial charge in [0.15, 0.2) is 5.97 Å². The van der Waals surface area contributed by atoms with E-state index >= 15 is 0 Å². The van der Waals surface area contributed by atoms with Crippen LogP contribution in [-0.4, -0.2) is 18.5 Å². The molecule has 0 heterocycles. The standard InChI is InChI=1S/C14H26O4/c1-2-3-4-5-6-7-8-9-10-11-12-18-14(17)13(15)16/h2-12H2,1H3,(H,15,16)/p-1. The van der Waals surface area contributed by atoms with E-state index in [9.17, 15) is 14.7 Å². The van der Waals surface area contributed by atoms with E-state index in [1.165, 1.54) is 44.9 Å². The summed E-state index contributed by atoms with van der Waals surface area (Å²) in [5, 5.41) is 10.0. The molecule has 0 aromatic carbocycles. The largest absolute Gasteiger partial charge is 0.539 e. The molecule has 0 rings (SSSR count). The van der Waals surface area contributed by atoms with Crippen LogP contribution in [0.25, 0.3) is 0 Å². The van der Waals surface area contributed by atoms with Gasteiger partial charge in [0.25, 0.3) is 0 Å². The summed E-state index contributed by atoms with van der Waals surface area (Å²) >= 11 is 0. The number of esters is 1. The van der Waals surface area contributed by atoms with E-state index in [0.717, 1.165) is 19.3 Å². The van der Waals surface area contributed by atoms with Crippen LogP contribution in [-0.2, 0) is 14.3 Å². The summed E-state index contributed by atoms with van der Waals surface area (Å²) in [6.45, 7) is 2.40. The third-order valence-electron chi connectivity index (χ3n) is 2.90. The summed E-state index contributed by atoms with van der Waals surface area (Å²) in [7, 11) is 0. The van der Waals surface area contributed by atoms with Crippen LogP contribution in [0.2, 0.25) is 0 Å². The molecule has 0 saturated heterocycles. The van der Waals surface area contributed by atoms with Crippen LogP contribution in [0.5, 0.6) is 0 Å². The smallest absolute Gasteiger partial charge is 0.354 e. The second-order valence-corrected chi connectivity index (χ2v) is 4.61. The Morgan fingerprint density at radius 2 is 1.28 bits per heavy atom. The minimum absolute atomic E-state index is 0.184. The minimum Gasteiger partial charge on any atom is -0.539 e. The lowest BCUT2D eigenvalue weighted by Crippen LogP contribution is -2.33. The first-order chi connectivity index (χ1) is 8.68. The molecule has 0 spiro atoms. The van der Waals surface area contributed by atoms with Crippen LogP contribution < -0.4 is 5.11 Å². The number of carboxylic acids is 1. The number of unbranched alkanes of at least 4 members (excludes halogenated alkanes) is 9. The van der Waals surface area contributed by atoms with Gasteiger partial charge in [-0.05, 0) is 6.42 Å². The first-order valence-corrected chi connectivity index (χ1v) is 7.06.